The molecule has 2 aliphatic rings. The zero-order valence-corrected chi connectivity index (χ0v) is 14.0. The lowest BCUT2D eigenvalue weighted by Crippen LogP contribution is -2.23. The van der Waals surface area contributed by atoms with Gasteiger partial charge in [-0.2, -0.15) is 0 Å². The van der Waals surface area contributed by atoms with E-state index in [1.807, 2.05) is 0 Å². The van der Waals surface area contributed by atoms with Gasteiger partial charge in [0.1, 0.15) is 0 Å². The Bertz CT molecular complexity index is 492. The van der Waals surface area contributed by atoms with Crippen LogP contribution in [0.3, 0.4) is 0 Å². The molecule has 1 aromatic rings. The summed E-state index contributed by atoms with van der Waals surface area (Å²) in [5.74, 6) is 3.23. The summed E-state index contributed by atoms with van der Waals surface area (Å²) in [7, 11) is 3.44. The molecule has 0 aromatic heterocycles. The summed E-state index contributed by atoms with van der Waals surface area (Å²) in [6.45, 7) is 5.99. The largest absolute Gasteiger partial charge is 0.493 e. The maximum absolute atomic E-state index is 5.46. The molecule has 1 heterocycles. The third-order valence-electron chi connectivity index (χ3n) is 4.87. The highest BCUT2D eigenvalue weighted by Gasteiger charge is 2.40. The van der Waals surface area contributed by atoms with Crippen LogP contribution in [0.15, 0.2) is 12.1 Å². The molecule has 2 atom stereocenters. The number of hydrogen-bond donors (Lipinski definition) is 0. The Kier molecular flexibility index (Phi) is 5.39. The monoisotopic (exact) mass is 311 g/mol. The van der Waals surface area contributed by atoms with Crippen molar-refractivity contribution < 1.29 is 9.47 Å². The lowest BCUT2D eigenvalue weighted by atomic mass is 9.96. The molecule has 118 valence electrons. The maximum Gasteiger partial charge on any atom is 0.161 e. The second-order valence-corrected chi connectivity index (χ2v) is 6.09. The molecule has 3 rings (SSSR count). The van der Waals surface area contributed by atoms with Crippen LogP contribution < -0.4 is 9.47 Å². The van der Waals surface area contributed by atoms with Crippen molar-refractivity contribution in [3.05, 3.63) is 23.3 Å². The van der Waals surface area contributed by atoms with Gasteiger partial charge in [0.05, 0.1) is 14.2 Å². The molecule has 0 bridgehead atoms. The van der Waals surface area contributed by atoms with E-state index in [1.165, 1.54) is 50.0 Å². The number of halogens is 1. The van der Waals surface area contributed by atoms with Gasteiger partial charge in [-0.25, -0.2) is 0 Å². The number of ether oxygens (including phenoxy) is 2. The number of likely N-dealkylation sites (tertiary alicyclic amines) is 1. The van der Waals surface area contributed by atoms with Gasteiger partial charge in [-0.05, 0) is 48.6 Å². The van der Waals surface area contributed by atoms with Gasteiger partial charge in [0.2, 0.25) is 0 Å². The Morgan fingerprint density at radius 3 is 2.52 bits per heavy atom. The minimum absolute atomic E-state index is 0. The highest BCUT2D eigenvalue weighted by atomic mass is 35.5. The number of rotatable bonds is 5. The number of hydrogen-bond acceptors (Lipinski definition) is 3. The minimum Gasteiger partial charge on any atom is -0.493 e. The Balaban J connectivity index is 0.00000161. The Labute approximate surface area is 134 Å². The van der Waals surface area contributed by atoms with Crippen molar-refractivity contribution in [2.45, 2.75) is 32.1 Å². The van der Waals surface area contributed by atoms with E-state index < -0.39 is 0 Å². The zero-order valence-electron chi connectivity index (χ0n) is 13.2. The first-order chi connectivity index (χ1) is 9.76. The Morgan fingerprint density at radius 1 is 1.14 bits per heavy atom. The van der Waals surface area contributed by atoms with Gasteiger partial charge < -0.3 is 14.4 Å². The highest BCUT2D eigenvalue weighted by molar-refractivity contribution is 5.85. The van der Waals surface area contributed by atoms with Crippen molar-refractivity contribution in [3.8, 4) is 11.5 Å². The molecular weight excluding hydrogens is 286 g/mol. The fraction of sp³-hybridized carbons (Fsp3) is 0.647. The van der Waals surface area contributed by atoms with Gasteiger partial charge in [0.15, 0.2) is 11.5 Å². The number of nitrogens with zero attached hydrogens (tertiary/aromatic N) is 1. The van der Waals surface area contributed by atoms with Crippen LogP contribution in [0, 0.1) is 5.92 Å². The van der Waals surface area contributed by atoms with Crippen LogP contribution in [-0.4, -0.2) is 38.8 Å². The van der Waals surface area contributed by atoms with Gasteiger partial charge >= 0.3 is 0 Å². The van der Waals surface area contributed by atoms with E-state index in [9.17, 15) is 0 Å². The average molecular weight is 312 g/mol. The first-order valence-corrected chi connectivity index (χ1v) is 7.74. The van der Waals surface area contributed by atoms with E-state index in [4.69, 9.17) is 9.47 Å². The predicted molar refractivity (Wildman–Crippen MR) is 88.1 cm³/mol. The van der Waals surface area contributed by atoms with E-state index in [0.717, 1.165) is 17.4 Å². The fourth-order valence-electron chi connectivity index (χ4n) is 3.83. The SMILES string of the molecule is CCCCN1CC2Cc3cc(OC)c(OC)cc3C2C1.Cl. The van der Waals surface area contributed by atoms with E-state index in [-0.39, 0.29) is 12.4 Å². The number of unbranched alkanes of at least 4 members (excludes halogenated alkanes) is 1. The van der Waals surface area contributed by atoms with E-state index in [0.29, 0.717) is 5.92 Å². The quantitative estimate of drug-likeness (QED) is 0.831. The summed E-state index contributed by atoms with van der Waals surface area (Å²) in [5.41, 5.74) is 2.96. The van der Waals surface area contributed by atoms with Crippen molar-refractivity contribution >= 4 is 12.4 Å². The molecule has 0 amide bonds. The molecule has 0 saturated carbocycles. The predicted octanol–water partition coefficient (Wildman–Crippen LogP) is 3.50. The van der Waals surface area contributed by atoms with Crippen molar-refractivity contribution in [2.75, 3.05) is 33.9 Å². The number of benzene rings is 1. The lowest BCUT2D eigenvalue weighted by Gasteiger charge is -2.17. The third kappa shape index (κ3) is 3.00. The molecule has 1 aromatic carbocycles. The molecule has 21 heavy (non-hydrogen) atoms. The summed E-state index contributed by atoms with van der Waals surface area (Å²) in [4.78, 5) is 2.64. The van der Waals surface area contributed by atoms with Crippen LogP contribution in [0.25, 0.3) is 0 Å². The minimum atomic E-state index is 0. The fourth-order valence-corrected chi connectivity index (χ4v) is 3.83. The van der Waals surface area contributed by atoms with Gasteiger partial charge in [-0.15, -0.1) is 12.4 Å². The van der Waals surface area contributed by atoms with Crippen LogP contribution in [0.1, 0.15) is 36.8 Å². The van der Waals surface area contributed by atoms with Crippen LogP contribution in [0.4, 0.5) is 0 Å². The van der Waals surface area contributed by atoms with Gasteiger partial charge in [0.25, 0.3) is 0 Å². The average Bonchev–Trinajstić information content (AvgIpc) is 3.00. The molecule has 3 nitrogen and oxygen atoms in total. The van der Waals surface area contributed by atoms with Gasteiger partial charge in [-0.3, -0.25) is 0 Å². The van der Waals surface area contributed by atoms with Crippen molar-refractivity contribution in [3.63, 3.8) is 0 Å². The standard InChI is InChI=1S/C17H25NO2.ClH/c1-4-5-6-18-10-13-7-12-8-16(19-2)17(20-3)9-14(12)15(13)11-18;/h8-9,13,15H,4-7,10-11H2,1-3H3;1H. The molecule has 4 heteroatoms. The van der Waals surface area contributed by atoms with Crippen molar-refractivity contribution in [1.82, 2.24) is 4.90 Å². The van der Waals surface area contributed by atoms with Crippen LogP contribution in [-0.2, 0) is 6.42 Å². The molecular formula is C17H26ClNO2. The molecule has 1 aliphatic heterocycles. The second kappa shape index (κ2) is 6.89. The first-order valence-electron chi connectivity index (χ1n) is 7.74. The number of methoxy groups -OCH3 is 2. The molecule has 1 fully saturated rings. The molecule has 0 spiro atoms. The summed E-state index contributed by atoms with van der Waals surface area (Å²) in [6, 6.07) is 4.39. The summed E-state index contributed by atoms with van der Waals surface area (Å²) in [6.07, 6.45) is 3.80. The maximum atomic E-state index is 5.46. The van der Waals surface area contributed by atoms with Crippen LogP contribution >= 0.6 is 12.4 Å². The van der Waals surface area contributed by atoms with Gasteiger partial charge in [0, 0.05) is 19.0 Å². The Morgan fingerprint density at radius 2 is 1.86 bits per heavy atom. The normalized spacial score (nSPS) is 23.4. The van der Waals surface area contributed by atoms with Crippen LogP contribution in [0.2, 0.25) is 0 Å². The summed E-state index contributed by atoms with van der Waals surface area (Å²) in [5, 5.41) is 0. The molecule has 1 aliphatic carbocycles. The zero-order chi connectivity index (χ0) is 14.1. The molecule has 1 saturated heterocycles. The van der Waals surface area contributed by atoms with Crippen molar-refractivity contribution in [2.24, 2.45) is 5.92 Å². The summed E-state index contributed by atoms with van der Waals surface area (Å²) < 4.78 is 10.9. The molecule has 0 radical (unpaired) electrons. The lowest BCUT2D eigenvalue weighted by molar-refractivity contribution is 0.315. The number of fused-ring (bicyclic) bond motifs is 3. The molecule has 2 unspecified atom stereocenters. The third-order valence-corrected chi connectivity index (χ3v) is 4.87. The van der Waals surface area contributed by atoms with Crippen LogP contribution in [0.5, 0.6) is 11.5 Å². The summed E-state index contributed by atoms with van der Waals surface area (Å²) >= 11 is 0. The van der Waals surface area contributed by atoms with E-state index in [2.05, 4.69) is 24.0 Å². The smallest absolute Gasteiger partial charge is 0.161 e. The topological polar surface area (TPSA) is 21.7 Å². The first kappa shape index (κ1) is 16.4. The molecule has 0 N–H and O–H groups in total. The van der Waals surface area contributed by atoms with Crippen molar-refractivity contribution in [1.29, 1.82) is 0 Å². The van der Waals surface area contributed by atoms with Gasteiger partial charge in [-0.1, -0.05) is 13.3 Å². The Hall–Kier alpha value is -0.930. The second-order valence-electron chi connectivity index (χ2n) is 6.09. The van der Waals surface area contributed by atoms with E-state index in [1.54, 1.807) is 14.2 Å². The van der Waals surface area contributed by atoms with E-state index >= 15 is 0 Å². The highest BCUT2D eigenvalue weighted by Crippen LogP contribution is 2.46.